The average molecular weight is 1490 g/mol. The van der Waals surface area contributed by atoms with Crippen molar-refractivity contribution in [1.29, 1.82) is 0 Å². The monoisotopic (exact) mass is 1490 g/mol. The van der Waals surface area contributed by atoms with Gasteiger partial charge in [0, 0.05) is 133 Å². The number of nitrogen functional groups attached to an aromatic ring is 1. The minimum absolute atomic E-state index is 0. The smallest absolute Gasteiger partial charge is 0 e. The zero-order valence-corrected chi connectivity index (χ0v) is 52.6. The van der Waals surface area contributed by atoms with E-state index in [0.717, 1.165) is 75.3 Å². The quantitative estimate of drug-likeness (QED) is 0.0290. The molecule has 0 saturated heterocycles. The molecule has 0 bridgehead atoms. The summed E-state index contributed by atoms with van der Waals surface area (Å²) in [6, 6.07) is 27.1. The van der Waals surface area contributed by atoms with Gasteiger partial charge in [-0.1, -0.05) is 36.4 Å². The van der Waals surface area contributed by atoms with Crippen molar-refractivity contribution in [2.75, 3.05) is 109 Å². The predicted octanol–water partition coefficient (Wildman–Crippen LogP) is 8.73. The van der Waals surface area contributed by atoms with Crippen molar-refractivity contribution in [3.8, 4) is 34.0 Å². The molecule has 0 aliphatic rings. The van der Waals surface area contributed by atoms with Crippen LogP contribution in [0.3, 0.4) is 0 Å². The van der Waals surface area contributed by atoms with E-state index in [-0.39, 0.29) is 56.0 Å². The normalized spacial score (nSPS) is 10.6. The molecule has 19 nitrogen and oxygen atoms in total. The fraction of sp³-hybridized carbons (Fsp3) is 0.280. The van der Waals surface area contributed by atoms with Gasteiger partial charge in [0.2, 0.25) is 11.9 Å². The molecule has 0 atom stereocenters. The number of ether oxygens (including phenoxy) is 2. The van der Waals surface area contributed by atoms with Crippen LogP contribution in [0.4, 0.5) is 46.0 Å². The van der Waals surface area contributed by atoms with Crippen molar-refractivity contribution in [3.63, 3.8) is 0 Å². The fourth-order valence-electron chi connectivity index (χ4n) is 7.87. The Morgan fingerprint density at radius 3 is 1.51 bits per heavy atom. The molecule has 24 heteroatoms. The summed E-state index contributed by atoms with van der Waals surface area (Å²) in [6.07, 6.45) is 7.54. The van der Waals surface area contributed by atoms with E-state index in [1.54, 1.807) is 25.6 Å². The number of fused-ring (bicyclic) bond motifs is 2. The molecule has 0 fully saturated rings. The van der Waals surface area contributed by atoms with E-state index in [1.807, 2.05) is 107 Å². The molecule has 0 aliphatic carbocycles. The third-order valence-electron chi connectivity index (χ3n) is 11.6. The third kappa shape index (κ3) is 16.1. The van der Waals surface area contributed by atoms with Gasteiger partial charge in [-0.3, -0.25) is 10.1 Å². The fourth-order valence-corrected chi connectivity index (χ4v) is 7.87. The maximum absolute atomic E-state index is 11.9. The van der Waals surface area contributed by atoms with Gasteiger partial charge in [0.15, 0.2) is 0 Å². The van der Waals surface area contributed by atoms with E-state index in [4.69, 9.17) is 20.2 Å². The van der Waals surface area contributed by atoms with Crippen LogP contribution in [-0.4, -0.2) is 126 Å². The molecule has 4 aromatic carbocycles. The van der Waals surface area contributed by atoms with Crippen molar-refractivity contribution in [1.82, 2.24) is 45.0 Å². The van der Waals surface area contributed by atoms with Crippen molar-refractivity contribution in [3.05, 3.63) is 120 Å². The molecule has 0 radical (unpaired) electrons. The first-order valence-electron chi connectivity index (χ1n) is 22.3. The minimum atomic E-state index is -0.389. The molecular weight excluding hydrogens is 1420 g/mol. The van der Waals surface area contributed by atoms with Crippen LogP contribution in [0.5, 0.6) is 11.5 Å². The Morgan fingerprint density at radius 2 is 1.09 bits per heavy atom. The molecule has 8 aromatic rings. The molecule has 4 heterocycles. The van der Waals surface area contributed by atoms with Crippen LogP contribution in [0.15, 0.2) is 110 Å². The van der Waals surface area contributed by atoms with Crippen molar-refractivity contribution in [2.45, 2.75) is 0 Å². The number of aryl methyl sites for hydroxylation is 2. The van der Waals surface area contributed by atoms with Gasteiger partial charge in [-0.15, -0.1) is 36.4 Å². The van der Waals surface area contributed by atoms with E-state index in [2.05, 4.69) is 126 Å². The number of rotatable bonds is 17. The molecule has 0 aliphatic heterocycles. The predicted molar refractivity (Wildman–Crippen MR) is 335 cm³/mol. The first-order chi connectivity index (χ1) is 34.1. The number of hydrogen-bond acceptors (Lipinski definition) is 16. The maximum atomic E-state index is 11.9. The summed E-state index contributed by atoms with van der Waals surface area (Å²) in [5.41, 5.74) is 15.4. The van der Waals surface area contributed by atoms with Gasteiger partial charge in [0.25, 0.3) is 5.69 Å². The van der Waals surface area contributed by atoms with Gasteiger partial charge in [0.05, 0.1) is 53.3 Å². The molecule has 0 spiro atoms. The topological polar surface area (TPSA) is 221 Å². The van der Waals surface area contributed by atoms with Gasteiger partial charge < -0.3 is 60.7 Å². The minimum Gasteiger partial charge on any atom is -0.344 e. The summed E-state index contributed by atoms with van der Waals surface area (Å²) in [6.45, 7) is 3.15. The molecule has 404 valence electrons. The Kier molecular flexibility index (Phi) is 25.8. The van der Waals surface area contributed by atoms with E-state index < -0.39 is 0 Å². The van der Waals surface area contributed by atoms with Crippen LogP contribution in [0.2, 0.25) is 0 Å². The van der Waals surface area contributed by atoms with E-state index in [1.165, 1.54) is 13.2 Å². The molecule has 7 N–H and O–H groups in total. The molecule has 4 aromatic heterocycles. The number of nitrogens with zero attached hydrogens (tertiary/aromatic N) is 11. The Balaban J connectivity index is 0.000000681. The van der Waals surface area contributed by atoms with Crippen molar-refractivity contribution in [2.24, 2.45) is 14.1 Å². The van der Waals surface area contributed by atoms with Gasteiger partial charge in [0.1, 0.15) is 17.2 Å². The van der Waals surface area contributed by atoms with Crippen LogP contribution in [-0.2, 0) is 14.1 Å². The molecule has 74 heavy (non-hydrogen) atoms. The first kappa shape index (κ1) is 63.5. The number of likely N-dealkylation sites (N-methyl/N-ethyl adjacent to an activating group) is 4. The van der Waals surface area contributed by atoms with E-state index >= 15 is 0 Å². The summed E-state index contributed by atoms with van der Waals surface area (Å²) in [7, 11) is 19.1. The largest absolute Gasteiger partial charge is 0.344 e. The number of hydrogen-bond donors (Lipinski definition) is 4. The van der Waals surface area contributed by atoms with Gasteiger partial charge >= 0.3 is 50.5 Å². The zero-order chi connectivity index (χ0) is 51.4. The first-order valence-corrected chi connectivity index (χ1v) is 34.9. The second kappa shape index (κ2) is 30.1. The number of nitro groups is 1. The number of methoxy groups -OCH3 is 2. The van der Waals surface area contributed by atoms with Gasteiger partial charge in [-0.05, 0) is 58.5 Å². The molecule has 0 amide bonds. The second-order valence-corrected chi connectivity index (χ2v) is 33.3. The Labute approximate surface area is 489 Å². The summed E-state index contributed by atoms with van der Waals surface area (Å²) < 4.78 is 15.4. The zero-order valence-electron chi connectivity index (χ0n) is 43.0. The standard InChI is InChI=1S/C25H29N7O3.C25H31N7O.ClH.I3.HI.H3N.2H2/c1-29(2)12-13-30(3)22-15-24(35-5)20(14-23(22)32(33)34)28-25-26-11-10-19(27-25)18-16-31(4)21-9-7-6-8-17(18)21;1-30(2)12-13-31(3)23-15-24(33-5)21(14-19(23)26)29-25-27-11-10-20(28-25)18-16-32(4)22-9-7-6-8-17(18)22;;1-3-2;;;;/h6-11,14-16H,12-13H2,1-5H3,(H,26,27,28);6-11,14-16H,12-13,26H2,1-5H3,(H,27,28,29);1H;;1H;1H3;2*1H/q;;;-1;;;;. The van der Waals surface area contributed by atoms with Crippen LogP contribution in [0.1, 0.15) is 2.85 Å². The van der Waals surface area contributed by atoms with Crippen LogP contribution in [0, 0.1) is 10.1 Å². The average Bonchev–Trinajstić information content (AvgIpc) is 3.88. The molecule has 0 saturated carbocycles. The van der Waals surface area contributed by atoms with E-state index in [9.17, 15) is 10.1 Å². The number of anilines is 7. The molecule has 0 unspecified atom stereocenters. The number of para-hydroxylation sites is 2. The summed E-state index contributed by atoms with van der Waals surface area (Å²) in [4.78, 5) is 37.8. The van der Waals surface area contributed by atoms with E-state index in [0.29, 0.717) is 60.3 Å². The Morgan fingerprint density at radius 1 is 0.689 bits per heavy atom. The number of nitrogens with one attached hydrogen (secondary N) is 2. The number of benzene rings is 4. The summed E-state index contributed by atoms with van der Waals surface area (Å²) in [5.74, 6) is 1.93. The molecular formula is C50H69ClI4N15O4-. The Hall–Kier alpha value is -4.79. The van der Waals surface area contributed by atoms with Crippen LogP contribution < -0.4 is 55.0 Å². The maximum Gasteiger partial charge on any atom is 0 e. The van der Waals surface area contributed by atoms with Crippen LogP contribution in [0.25, 0.3) is 44.3 Å². The molecule has 8 rings (SSSR count). The van der Waals surface area contributed by atoms with Crippen molar-refractivity contribution >= 4 is 141 Å². The van der Waals surface area contributed by atoms with Gasteiger partial charge in [-0.2, -0.15) is 0 Å². The Bertz CT molecular complexity index is 3100. The number of nitrogens with two attached hydrogens (primary N) is 1. The van der Waals surface area contributed by atoms with Gasteiger partial charge in [-0.25, -0.2) is 19.9 Å². The summed E-state index contributed by atoms with van der Waals surface area (Å²) >= 11 is 5.30. The van der Waals surface area contributed by atoms with Crippen molar-refractivity contribution < 1.29 is 30.5 Å². The third-order valence-corrected chi connectivity index (χ3v) is 11.6. The SMILES string of the molecule is COc1cc(N(C)CCN(C)C)c(N)cc1Nc1nccc(-c2cn(C)c3ccccc23)n1.COc1cc(N(C)CCN(C)C)c([N+](=O)[O-])cc1Nc1nccc(-c2cn(C)c3ccccc23)n1.Cl.I.I[I-]I.N.[HH].[HH]. The van der Waals surface area contributed by atoms with Crippen LogP contribution >= 0.6 is 73.6 Å². The number of aromatic nitrogens is 6. The number of halogens is 5. The number of nitro benzene ring substituents is 1. The second-order valence-electron chi connectivity index (χ2n) is 17.0. The summed E-state index contributed by atoms with van der Waals surface area (Å²) in [5, 5.41) is 20.5.